The van der Waals surface area contributed by atoms with Gasteiger partial charge in [0.2, 0.25) is 0 Å². The minimum absolute atomic E-state index is 0.299. The molecule has 1 nitrogen and oxygen atoms in total. The highest BCUT2D eigenvalue weighted by atomic mass is 32.2. The summed E-state index contributed by atoms with van der Waals surface area (Å²) in [6.45, 7) is 2.44. The van der Waals surface area contributed by atoms with E-state index in [4.69, 9.17) is 4.74 Å². The van der Waals surface area contributed by atoms with Gasteiger partial charge in [0.15, 0.2) is 0 Å². The third-order valence-corrected chi connectivity index (χ3v) is 1.77. The normalized spacial score (nSPS) is 9.83. The van der Waals surface area contributed by atoms with E-state index < -0.39 is 0 Å². The molecule has 12 heavy (non-hydrogen) atoms. The Kier molecular flexibility index (Phi) is 3.94. The van der Waals surface area contributed by atoms with Crippen molar-refractivity contribution in [2.24, 2.45) is 0 Å². The highest BCUT2D eigenvalue weighted by Gasteiger charge is 1.92. The summed E-state index contributed by atoms with van der Waals surface area (Å²) in [6.07, 6.45) is 0. The zero-order valence-electron chi connectivity index (χ0n) is 6.92. The van der Waals surface area contributed by atoms with Gasteiger partial charge in [-0.1, -0.05) is 17.7 Å². The molecule has 0 fully saturated rings. The number of benzene rings is 1. The topological polar surface area (TPSA) is 9.23 Å². The maximum absolute atomic E-state index is 11.6. The van der Waals surface area contributed by atoms with Crippen LogP contribution in [0.25, 0.3) is 0 Å². The Morgan fingerprint density at radius 2 is 2.00 bits per heavy atom. The lowest BCUT2D eigenvalue weighted by Gasteiger charge is -2.03. The van der Waals surface area contributed by atoms with E-state index in [1.807, 2.05) is 31.2 Å². The van der Waals surface area contributed by atoms with Crippen LogP contribution in [-0.2, 0) is 0 Å². The first-order valence-electron chi connectivity index (χ1n) is 3.76. The molecule has 0 saturated heterocycles. The van der Waals surface area contributed by atoms with E-state index in [9.17, 15) is 3.89 Å². The van der Waals surface area contributed by atoms with Gasteiger partial charge in [0, 0.05) is 12.1 Å². The van der Waals surface area contributed by atoms with Gasteiger partial charge >= 0.3 is 0 Å². The summed E-state index contributed by atoms with van der Waals surface area (Å²) in [4.78, 5) is 0. The van der Waals surface area contributed by atoms with E-state index in [0.717, 1.165) is 5.75 Å². The molecule has 1 aromatic rings. The van der Waals surface area contributed by atoms with E-state index in [1.54, 1.807) is 0 Å². The zero-order valence-corrected chi connectivity index (χ0v) is 7.73. The first kappa shape index (κ1) is 9.39. The maximum Gasteiger partial charge on any atom is 0.119 e. The van der Waals surface area contributed by atoms with E-state index >= 15 is 0 Å². The Balaban J connectivity index is 2.37. The molecule has 0 bridgehead atoms. The summed E-state index contributed by atoms with van der Waals surface area (Å²) in [5.41, 5.74) is 1.20. The smallest absolute Gasteiger partial charge is 0.119 e. The van der Waals surface area contributed by atoms with Crippen molar-refractivity contribution in [3.05, 3.63) is 29.8 Å². The van der Waals surface area contributed by atoms with Gasteiger partial charge in [0.25, 0.3) is 0 Å². The highest BCUT2D eigenvalue weighted by Crippen LogP contribution is 2.11. The van der Waals surface area contributed by atoms with Gasteiger partial charge in [0.1, 0.15) is 5.75 Å². The summed E-state index contributed by atoms with van der Waals surface area (Å²) in [5, 5.41) is 0. The van der Waals surface area contributed by atoms with Crippen LogP contribution in [0.5, 0.6) is 5.75 Å². The Morgan fingerprint density at radius 3 is 2.58 bits per heavy atom. The third kappa shape index (κ3) is 3.13. The van der Waals surface area contributed by atoms with Crippen molar-refractivity contribution >= 4 is 12.1 Å². The molecular weight excluding hydrogens is 175 g/mol. The standard InChI is InChI=1S/C9H11FOS/c1-8-2-4-9(5-3-8)11-6-7-12-10/h2-5H,6-7H2,1H3. The van der Waals surface area contributed by atoms with Gasteiger partial charge in [-0.15, -0.1) is 0 Å². The highest BCUT2D eigenvalue weighted by molar-refractivity contribution is 7.94. The largest absolute Gasteiger partial charge is 0.493 e. The number of halogens is 1. The zero-order chi connectivity index (χ0) is 8.81. The molecular formula is C9H11FOS. The average Bonchev–Trinajstić information content (AvgIpc) is 2.09. The molecule has 1 aromatic carbocycles. The van der Waals surface area contributed by atoms with Crippen LogP contribution in [-0.4, -0.2) is 12.4 Å². The van der Waals surface area contributed by atoms with Crippen molar-refractivity contribution in [1.82, 2.24) is 0 Å². The quantitative estimate of drug-likeness (QED) is 0.668. The number of hydrogen-bond acceptors (Lipinski definition) is 2. The Labute approximate surface area is 76.2 Å². The summed E-state index contributed by atoms with van der Waals surface area (Å²) < 4.78 is 16.8. The molecule has 0 heterocycles. The van der Waals surface area contributed by atoms with Crippen LogP contribution in [0.2, 0.25) is 0 Å². The Bertz CT molecular complexity index is 222. The van der Waals surface area contributed by atoms with Crippen LogP contribution in [0.1, 0.15) is 5.56 Å². The van der Waals surface area contributed by atoms with Crippen LogP contribution >= 0.6 is 12.1 Å². The molecule has 0 atom stereocenters. The molecule has 0 spiro atoms. The number of aryl methyl sites for hydroxylation is 1. The lowest BCUT2D eigenvalue weighted by atomic mass is 10.2. The lowest BCUT2D eigenvalue weighted by Crippen LogP contribution is -1.98. The van der Waals surface area contributed by atoms with Crippen molar-refractivity contribution in [3.63, 3.8) is 0 Å². The van der Waals surface area contributed by atoms with E-state index in [0.29, 0.717) is 24.5 Å². The molecule has 0 N–H and O–H groups in total. The SMILES string of the molecule is Cc1ccc(OCCSF)cc1. The van der Waals surface area contributed by atoms with E-state index in [-0.39, 0.29) is 0 Å². The predicted octanol–water partition coefficient (Wildman–Crippen LogP) is 2.99. The van der Waals surface area contributed by atoms with Gasteiger partial charge in [-0.2, -0.15) is 3.89 Å². The minimum Gasteiger partial charge on any atom is -0.493 e. The molecule has 0 aliphatic carbocycles. The Hall–Kier alpha value is -0.700. The van der Waals surface area contributed by atoms with Gasteiger partial charge in [0.05, 0.1) is 12.4 Å². The number of hydrogen-bond donors (Lipinski definition) is 0. The van der Waals surface area contributed by atoms with Gasteiger partial charge in [-0.05, 0) is 19.1 Å². The molecule has 0 saturated carbocycles. The van der Waals surface area contributed by atoms with Crippen LogP contribution in [0.15, 0.2) is 24.3 Å². The van der Waals surface area contributed by atoms with Gasteiger partial charge < -0.3 is 4.74 Å². The summed E-state index contributed by atoms with van der Waals surface area (Å²) in [7, 11) is 0. The molecule has 0 unspecified atom stereocenters. The van der Waals surface area contributed by atoms with Crippen LogP contribution in [0.3, 0.4) is 0 Å². The fraction of sp³-hybridized carbons (Fsp3) is 0.333. The van der Waals surface area contributed by atoms with Crippen molar-refractivity contribution in [2.75, 3.05) is 12.4 Å². The van der Waals surface area contributed by atoms with Gasteiger partial charge in [-0.25, -0.2) is 0 Å². The number of ether oxygens (including phenoxy) is 1. The molecule has 0 aliphatic rings. The molecule has 0 radical (unpaired) electrons. The third-order valence-electron chi connectivity index (χ3n) is 1.45. The van der Waals surface area contributed by atoms with Crippen molar-refractivity contribution in [1.29, 1.82) is 0 Å². The first-order valence-corrected chi connectivity index (χ1v) is 4.64. The molecule has 0 aromatic heterocycles. The second-order valence-electron chi connectivity index (χ2n) is 2.47. The first-order chi connectivity index (χ1) is 5.83. The monoisotopic (exact) mass is 186 g/mol. The summed E-state index contributed by atoms with van der Waals surface area (Å²) >= 11 is 0.299. The van der Waals surface area contributed by atoms with Crippen molar-refractivity contribution in [2.45, 2.75) is 6.92 Å². The van der Waals surface area contributed by atoms with Crippen LogP contribution in [0.4, 0.5) is 3.89 Å². The average molecular weight is 186 g/mol. The van der Waals surface area contributed by atoms with Crippen LogP contribution in [0, 0.1) is 6.92 Å². The molecule has 3 heteroatoms. The summed E-state index contributed by atoms with van der Waals surface area (Å²) in [5.74, 6) is 1.18. The molecule has 0 aliphatic heterocycles. The number of rotatable bonds is 4. The molecule has 1 rings (SSSR count). The second kappa shape index (κ2) is 5.04. The molecule has 0 amide bonds. The lowest BCUT2D eigenvalue weighted by molar-refractivity contribution is 0.343. The van der Waals surface area contributed by atoms with Crippen molar-refractivity contribution in [3.8, 4) is 5.75 Å². The predicted molar refractivity (Wildman–Crippen MR) is 50.2 cm³/mol. The van der Waals surface area contributed by atoms with E-state index in [1.165, 1.54) is 5.56 Å². The fourth-order valence-electron chi connectivity index (χ4n) is 0.826. The van der Waals surface area contributed by atoms with Crippen molar-refractivity contribution < 1.29 is 8.62 Å². The molecule has 66 valence electrons. The van der Waals surface area contributed by atoms with Crippen LogP contribution < -0.4 is 4.74 Å². The fourth-order valence-corrected chi connectivity index (χ4v) is 0.972. The minimum atomic E-state index is 0.299. The van der Waals surface area contributed by atoms with E-state index in [2.05, 4.69) is 0 Å². The Morgan fingerprint density at radius 1 is 1.33 bits per heavy atom. The maximum atomic E-state index is 11.6. The summed E-state index contributed by atoms with van der Waals surface area (Å²) in [6, 6.07) is 7.71. The second-order valence-corrected chi connectivity index (χ2v) is 3.10. The van der Waals surface area contributed by atoms with Gasteiger partial charge in [-0.3, -0.25) is 0 Å².